The van der Waals surface area contributed by atoms with Gasteiger partial charge in [0.25, 0.3) is 0 Å². The van der Waals surface area contributed by atoms with Gasteiger partial charge in [0.05, 0.1) is 0 Å². The van der Waals surface area contributed by atoms with Gasteiger partial charge in [-0.2, -0.15) is 0 Å². The fourth-order valence-electron chi connectivity index (χ4n) is 5.02. The minimum absolute atomic E-state index is 0.0246. The van der Waals surface area contributed by atoms with Gasteiger partial charge in [-0.05, 0) is 77.9 Å². The molecule has 30 heavy (non-hydrogen) atoms. The zero-order chi connectivity index (χ0) is 21.4. The molecule has 0 aliphatic carbocycles. The molecule has 2 heterocycles. The van der Waals surface area contributed by atoms with E-state index >= 15 is 0 Å². The summed E-state index contributed by atoms with van der Waals surface area (Å²) in [4.78, 5) is 17.4. The summed E-state index contributed by atoms with van der Waals surface area (Å²) in [6.45, 7) is 8.31. The third-order valence-electron chi connectivity index (χ3n) is 6.36. The molecular formula is C25H34N4O. The number of aromatic nitrogens is 1. The van der Waals surface area contributed by atoms with Crippen LogP contribution in [0.25, 0.3) is 21.8 Å². The van der Waals surface area contributed by atoms with Gasteiger partial charge in [0.1, 0.15) is 0 Å². The first kappa shape index (κ1) is 20.7. The van der Waals surface area contributed by atoms with Gasteiger partial charge in [0.15, 0.2) is 0 Å². The molecule has 0 bridgehead atoms. The van der Waals surface area contributed by atoms with E-state index in [2.05, 4.69) is 86.0 Å². The van der Waals surface area contributed by atoms with E-state index in [1.807, 2.05) is 4.90 Å². The number of nitrogens with one attached hydrogen (secondary N) is 1. The summed E-state index contributed by atoms with van der Waals surface area (Å²) in [6.07, 6.45) is 3.35. The van der Waals surface area contributed by atoms with Gasteiger partial charge in [-0.3, -0.25) is 0 Å². The molecule has 3 aromatic rings. The van der Waals surface area contributed by atoms with Gasteiger partial charge in [-0.25, -0.2) is 4.79 Å². The summed E-state index contributed by atoms with van der Waals surface area (Å²) < 4.78 is 2.39. The maximum atomic E-state index is 13.2. The van der Waals surface area contributed by atoms with Crippen LogP contribution in [0.3, 0.4) is 0 Å². The predicted molar refractivity (Wildman–Crippen MR) is 126 cm³/mol. The van der Waals surface area contributed by atoms with Crippen molar-refractivity contribution in [2.75, 3.05) is 32.5 Å². The van der Waals surface area contributed by atoms with E-state index in [0.29, 0.717) is 6.04 Å². The number of likely N-dealkylation sites (tertiary alicyclic amines) is 1. The molecule has 160 valence electrons. The molecule has 1 unspecified atom stereocenters. The highest BCUT2D eigenvalue weighted by Gasteiger charge is 2.27. The summed E-state index contributed by atoms with van der Waals surface area (Å²) in [5.41, 5.74) is 4.52. The second kappa shape index (κ2) is 8.31. The second-order valence-electron chi connectivity index (χ2n) is 9.15. The van der Waals surface area contributed by atoms with Crippen molar-refractivity contribution in [1.29, 1.82) is 0 Å². The number of fused-ring (bicyclic) bond motifs is 3. The van der Waals surface area contributed by atoms with Crippen molar-refractivity contribution in [3.8, 4) is 0 Å². The van der Waals surface area contributed by atoms with Crippen LogP contribution in [0.2, 0.25) is 0 Å². The molecule has 1 aliphatic rings. The number of nitrogens with zero attached hydrogens (tertiary/aromatic N) is 3. The van der Waals surface area contributed by atoms with E-state index < -0.39 is 0 Å². The average Bonchev–Trinajstić information content (AvgIpc) is 3.05. The van der Waals surface area contributed by atoms with Gasteiger partial charge in [-0.15, -0.1) is 0 Å². The number of amides is 2. The Balaban J connectivity index is 1.71. The number of carbonyl (C=O) groups excluding carboxylic acids is 1. The van der Waals surface area contributed by atoms with Crippen LogP contribution >= 0.6 is 0 Å². The van der Waals surface area contributed by atoms with Gasteiger partial charge >= 0.3 is 6.03 Å². The minimum atomic E-state index is 0.0246. The smallest absolute Gasteiger partial charge is 0.322 e. The van der Waals surface area contributed by atoms with Gasteiger partial charge < -0.3 is 19.7 Å². The standard InChI is InChI=1S/C25H34N4O/c1-17(2)29-22-12-7-6-11-20(22)24-18(3)21(13-14-23(24)29)26-25(30)28-15-9-8-10-19(28)16-27(4)5/h6-7,11-14,17,19H,8-10,15-16H2,1-5H3,(H,26,30). The molecule has 4 rings (SSSR count). The summed E-state index contributed by atoms with van der Waals surface area (Å²) >= 11 is 0. The molecular weight excluding hydrogens is 372 g/mol. The molecule has 1 atom stereocenters. The van der Waals surface area contributed by atoms with Crippen LogP contribution in [0, 0.1) is 6.92 Å². The minimum Gasteiger partial charge on any atom is -0.338 e. The van der Waals surface area contributed by atoms with Gasteiger partial charge in [0.2, 0.25) is 0 Å². The summed E-state index contributed by atoms with van der Waals surface area (Å²) in [5, 5.41) is 5.72. The highest BCUT2D eigenvalue weighted by molar-refractivity contribution is 6.12. The number of aryl methyl sites for hydroxylation is 1. The molecule has 0 spiro atoms. The van der Waals surface area contributed by atoms with E-state index in [1.54, 1.807) is 0 Å². The number of para-hydroxylation sites is 1. The number of urea groups is 1. The van der Waals surface area contributed by atoms with E-state index in [9.17, 15) is 4.79 Å². The first-order valence-electron chi connectivity index (χ1n) is 11.1. The van der Waals surface area contributed by atoms with Crippen LogP contribution in [-0.2, 0) is 0 Å². The Labute approximate surface area is 179 Å². The van der Waals surface area contributed by atoms with E-state index in [-0.39, 0.29) is 12.1 Å². The molecule has 1 aromatic heterocycles. The zero-order valence-electron chi connectivity index (χ0n) is 18.9. The molecule has 0 saturated carbocycles. The summed E-state index contributed by atoms with van der Waals surface area (Å²) in [5.74, 6) is 0. The maximum absolute atomic E-state index is 13.2. The number of hydrogen-bond acceptors (Lipinski definition) is 2. The Morgan fingerprint density at radius 2 is 1.90 bits per heavy atom. The first-order chi connectivity index (χ1) is 14.4. The first-order valence-corrected chi connectivity index (χ1v) is 11.1. The maximum Gasteiger partial charge on any atom is 0.322 e. The zero-order valence-corrected chi connectivity index (χ0v) is 18.9. The van der Waals surface area contributed by atoms with Crippen LogP contribution in [0.1, 0.15) is 44.7 Å². The van der Waals surface area contributed by atoms with Gasteiger partial charge in [0, 0.05) is 52.7 Å². The van der Waals surface area contributed by atoms with E-state index in [1.165, 1.54) is 28.2 Å². The number of likely N-dealkylation sites (N-methyl/N-ethyl adjacent to an activating group) is 1. The lowest BCUT2D eigenvalue weighted by atomic mass is 10.0. The molecule has 2 aromatic carbocycles. The molecule has 5 heteroatoms. The number of benzene rings is 2. The summed E-state index contributed by atoms with van der Waals surface area (Å²) in [6, 6.07) is 13.5. The third-order valence-corrected chi connectivity index (χ3v) is 6.36. The topological polar surface area (TPSA) is 40.5 Å². The second-order valence-corrected chi connectivity index (χ2v) is 9.15. The summed E-state index contributed by atoms with van der Waals surface area (Å²) in [7, 11) is 4.15. The largest absolute Gasteiger partial charge is 0.338 e. The SMILES string of the molecule is Cc1c(NC(=O)N2CCCCC2CN(C)C)ccc2c1c1ccccc1n2C(C)C. The Morgan fingerprint density at radius 3 is 2.63 bits per heavy atom. The third kappa shape index (κ3) is 3.67. The fraction of sp³-hybridized carbons (Fsp3) is 0.480. The molecule has 1 aliphatic heterocycles. The number of rotatable bonds is 4. The lowest BCUT2D eigenvalue weighted by Gasteiger charge is -2.37. The Hall–Kier alpha value is -2.53. The van der Waals surface area contributed by atoms with Crippen molar-refractivity contribution < 1.29 is 4.79 Å². The monoisotopic (exact) mass is 406 g/mol. The van der Waals surface area contributed by atoms with Crippen molar-refractivity contribution in [3.63, 3.8) is 0 Å². The molecule has 0 radical (unpaired) electrons. The van der Waals surface area contributed by atoms with E-state index in [4.69, 9.17) is 0 Å². The Kier molecular flexibility index (Phi) is 5.74. The van der Waals surface area contributed by atoms with Crippen LogP contribution in [0.15, 0.2) is 36.4 Å². The fourth-order valence-corrected chi connectivity index (χ4v) is 5.02. The normalized spacial score (nSPS) is 17.4. The highest BCUT2D eigenvalue weighted by Crippen LogP contribution is 2.36. The van der Waals surface area contributed by atoms with Crippen molar-refractivity contribution >= 4 is 33.5 Å². The predicted octanol–water partition coefficient (Wildman–Crippen LogP) is 5.63. The van der Waals surface area contributed by atoms with Gasteiger partial charge in [-0.1, -0.05) is 18.2 Å². The average molecular weight is 407 g/mol. The molecule has 1 N–H and O–H groups in total. The van der Waals surface area contributed by atoms with Crippen LogP contribution in [-0.4, -0.2) is 53.6 Å². The van der Waals surface area contributed by atoms with Crippen LogP contribution in [0.4, 0.5) is 10.5 Å². The van der Waals surface area contributed by atoms with Crippen LogP contribution in [0.5, 0.6) is 0 Å². The highest BCUT2D eigenvalue weighted by atomic mass is 16.2. The Bertz CT molecular complexity index is 1070. The molecule has 5 nitrogen and oxygen atoms in total. The number of hydrogen-bond donors (Lipinski definition) is 1. The Morgan fingerprint density at radius 1 is 1.13 bits per heavy atom. The lowest BCUT2D eigenvalue weighted by Crippen LogP contribution is -2.49. The number of piperidine rings is 1. The molecule has 1 saturated heterocycles. The van der Waals surface area contributed by atoms with Crippen molar-refractivity contribution in [3.05, 3.63) is 42.0 Å². The lowest BCUT2D eigenvalue weighted by molar-refractivity contribution is 0.144. The van der Waals surface area contributed by atoms with Crippen molar-refractivity contribution in [2.45, 2.75) is 52.1 Å². The van der Waals surface area contributed by atoms with Crippen LogP contribution < -0.4 is 5.32 Å². The molecule has 1 fully saturated rings. The van der Waals surface area contributed by atoms with Crippen molar-refractivity contribution in [2.24, 2.45) is 0 Å². The number of anilines is 1. The van der Waals surface area contributed by atoms with Crippen molar-refractivity contribution in [1.82, 2.24) is 14.4 Å². The quantitative estimate of drug-likeness (QED) is 0.610. The number of carbonyl (C=O) groups is 1. The van der Waals surface area contributed by atoms with E-state index in [0.717, 1.165) is 37.2 Å². The molecule has 2 amide bonds.